The van der Waals surface area contributed by atoms with E-state index in [9.17, 15) is 9.59 Å². The highest BCUT2D eigenvalue weighted by Crippen LogP contribution is 2.26. The van der Waals surface area contributed by atoms with Gasteiger partial charge in [0.1, 0.15) is 5.75 Å². The van der Waals surface area contributed by atoms with E-state index in [1.807, 2.05) is 55.5 Å². The van der Waals surface area contributed by atoms with Gasteiger partial charge in [-0.25, -0.2) is 0 Å². The molecule has 2 aromatic carbocycles. The summed E-state index contributed by atoms with van der Waals surface area (Å²) in [5.41, 5.74) is 3.21. The standard InChI is InChI=1S/C20H22N2O3/c1-15-5-4-7-17(13-15)25-14-19(23)21-11-12-22-18-8-3-2-6-16(18)9-10-20(22)24/h2-8,13H,9-12,14H2,1H3,(H,21,23). The summed E-state index contributed by atoms with van der Waals surface area (Å²) in [6, 6.07) is 15.5. The number of aryl methyl sites for hydroxylation is 2. The minimum atomic E-state index is -0.195. The van der Waals surface area contributed by atoms with E-state index in [0.717, 1.165) is 17.7 Å². The first-order valence-corrected chi connectivity index (χ1v) is 8.48. The van der Waals surface area contributed by atoms with Gasteiger partial charge in [-0.1, -0.05) is 30.3 Å². The first-order valence-electron chi connectivity index (χ1n) is 8.48. The number of nitrogens with zero attached hydrogens (tertiary/aromatic N) is 1. The van der Waals surface area contributed by atoms with E-state index in [1.165, 1.54) is 5.56 Å². The summed E-state index contributed by atoms with van der Waals surface area (Å²) in [5.74, 6) is 0.582. The zero-order chi connectivity index (χ0) is 17.6. The van der Waals surface area contributed by atoms with Gasteiger partial charge in [-0.05, 0) is 42.7 Å². The van der Waals surface area contributed by atoms with Gasteiger partial charge in [-0.15, -0.1) is 0 Å². The molecule has 1 aliphatic rings. The number of rotatable bonds is 6. The lowest BCUT2D eigenvalue weighted by atomic mass is 10.0. The molecule has 0 atom stereocenters. The van der Waals surface area contributed by atoms with Crippen molar-refractivity contribution < 1.29 is 14.3 Å². The molecule has 2 amide bonds. The second kappa shape index (κ2) is 7.83. The van der Waals surface area contributed by atoms with E-state index in [1.54, 1.807) is 4.90 Å². The van der Waals surface area contributed by atoms with Gasteiger partial charge in [-0.2, -0.15) is 0 Å². The van der Waals surface area contributed by atoms with Crippen molar-refractivity contribution >= 4 is 17.5 Å². The van der Waals surface area contributed by atoms with Crippen LogP contribution in [-0.4, -0.2) is 31.5 Å². The maximum absolute atomic E-state index is 12.2. The third-order valence-electron chi connectivity index (χ3n) is 4.21. The van der Waals surface area contributed by atoms with Gasteiger partial charge in [0.05, 0.1) is 0 Å². The smallest absolute Gasteiger partial charge is 0.258 e. The second-order valence-corrected chi connectivity index (χ2v) is 6.13. The number of anilines is 1. The fourth-order valence-electron chi connectivity index (χ4n) is 2.95. The molecule has 0 radical (unpaired) electrons. The van der Waals surface area contributed by atoms with Crippen LogP contribution in [0.5, 0.6) is 5.75 Å². The Hall–Kier alpha value is -2.82. The summed E-state index contributed by atoms with van der Waals surface area (Å²) in [6.45, 7) is 2.80. The van der Waals surface area contributed by atoms with Crippen LogP contribution in [0.4, 0.5) is 5.69 Å². The molecule has 0 spiro atoms. The molecular weight excluding hydrogens is 316 g/mol. The fourth-order valence-corrected chi connectivity index (χ4v) is 2.95. The predicted molar refractivity (Wildman–Crippen MR) is 96.8 cm³/mol. The summed E-state index contributed by atoms with van der Waals surface area (Å²) in [7, 11) is 0. The number of ether oxygens (including phenoxy) is 1. The van der Waals surface area contributed by atoms with Crippen LogP contribution in [0.3, 0.4) is 0 Å². The molecule has 3 rings (SSSR count). The average Bonchev–Trinajstić information content (AvgIpc) is 2.62. The highest BCUT2D eigenvalue weighted by atomic mass is 16.5. The van der Waals surface area contributed by atoms with Crippen LogP contribution in [-0.2, 0) is 16.0 Å². The van der Waals surface area contributed by atoms with Crippen molar-refractivity contribution in [3.8, 4) is 5.75 Å². The van der Waals surface area contributed by atoms with Crippen molar-refractivity contribution in [3.63, 3.8) is 0 Å². The molecule has 130 valence electrons. The topological polar surface area (TPSA) is 58.6 Å². The molecule has 25 heavy (non-hydrogen) atoms. The molecule has 5 nitrogen and oxygen atoms in total. The molecule has 0 aromatic heterocycles. The number of carbonyl (C=O) groups is 2. The Labute approximate surface area is 147 Å². The normalized spacial score (nSPS) is 13.3. The van der Waals surface area contributed by atoms with Gasteiger partial charge in [0.2, 0.25) is 5.91 Å². The molecule has 2 aromatic rings. The fraction of sp³-hybridized carbons (Fsp3) is 0.300. The Balaban J connectivity index is 1.48. The van der Waals surface area contributed by atoms with Crippen LogP contribution < -0.4 is 15.0 Å². The maximum atomic E-state index is 12.2. The second-order valence-electron chi connectivity index (χ2n) is 6.13. The molecular formula is C20H22N2O3. The lowest BCUT2D eigenvalue weighted by molar-refractivity contribution is -0.123. The molecule has 1 aliphatic heterocycles. The number of fused-ring (bicyclic) bond motifs is 1. The van der Waals surface area contributed by atoms with E-state index in [2.05, 4.69) is 5.32 Å². The minimum absolute atomic E-state index is 0.0337. The molecule has 1 N–H and O–H groups in total. The number of hydrogen-bond donors (Lipinski definition) is 1. The zero-order valence-electron chi connectivity index (χ0n) is 14.3. The van der Waals surface area contributed by atoms with E-state index in [0.29, 0.717) is 25.3 Å². The predicted octanol–water partition coefficient (Wildman–Crippen LogP) is 2.47. The molecule has 5 heteroatoms. The zero-order valence-corrected chi connectivity index (χ0v) is 14.3. The van der Waals surface area contributed by atoms with Crippen molar-refractivity contribution in [2.45, 2.75) is 19.8 Å². The van der Waals surface area contributed by atoms with Crippen molar-refractivity contribution in [1.82, 2.24) is 5.32 Å². The monoisotopic (exact) mass is 338 g/mol. The van der Waals surface area contributed by atoms with Crippen molar-refractivity contribution in [1.29, 1.82) is 0 Å². The lowest BCUT2D eigenvalue weighted by Gasteiger charge is -2.29. The van der Waals surface area contributed by atoms with Gasteiger partial charge in [0.25, 0.3) is 5.91 Å². The third kappa shape index (κ3) is 4.38. The molecule has 0 aliphatic carbocycles. The van der Waals surface area contributed by atoms with E-state index < -0.39 is 0 Å². The first kappa shape index (κ1) is 17.0. The summed E-state index contributed by atoms with van der Waals surface area (Å²) in [4.78, 5) is 25.8. The first-order chi connectivity index (χ1) is 12.1. The van der Waals surface area contributed by atoms with Gasteiger partial charge in [0.15, 0.2) is 6.61 Å². The Morgan fingerprint density at radius 2 is 2.00 bits per heavy atom. The molecule has 0 bridgehead atoms. The van der Waals surface area contributed by atoms with Crippen molar-refractivity contribution in [2.24, 2.45) is 0 Å². The molecule has 1 heterocycles. The van der Waals surface area contributed by atoms with Gasteiger partial charge in [-0.3, -0.25) is 9.59 Å². The highest BCUT2D eigenvalue weighted by Gasteiger charge is 2.23. The quantitative estimate of drug-likeness (QED) is 0.880. The number of benzene rings is 2. The van der Waals surface area contributed by atoms with Crippen LogP contribution in [0.1, 0.15) is 17.5 Å². The van der Waals surface area contributed by atoms with E-state index >= 15 is 0 Å². The number of para-hydroxylation sites is 1. The van der Waals surface area contributed by atoms with E-state index in [4.69, 9.17) is 4.74 Å². The summed E-state index contributed by atoms with van der Waals surface area (Å²) in [6.07, 6.45) is 1.30. The van der Waals surface area contributed by atoms with Gasteiger partial charge in [0, 0.05) is 25.2 Å². The highest BCUT2D eigenvalue weighted by molar-refractivity contribution is 5.96. The molecule has 0 saturated carbocycles. The maximum Gasteiger partial charge on any atom is 0.258 e. The minimum Gasteiger partial charge on any atom is -0.484 e. The van der Waals surface area contributed by atoms with Crippen LogP contribution in [0.2, 0.25) is 0 Å². The molecule has 0 unspecified atom stereocenters. The Bertz CT molecular complexity index is 773. The number of carbonyl (C=O) groups excluding carboxylic acids is 2. The van der Waals surface area contributed by atoms with Crippen LogP contribution in [0, 0.1) is 6.92 Å². The van der Waals surface area contributed by atoms with Crippen LogP contribution in [0.25, 0.3) is 0 Å². The largest absolute Gasteiger partial charge is 0.484 e. The summed E-state index contributed by atoms with van der Waals surface area (Å²) < 4.78 is 5.48. The molecule has 0 fully saturated rings. The van der Waals surface area contributed by atoms with Crippen molar-refractivity contribution in [2.75, 3.05) is 24.6 Å². The summed E-state index contributed by atoms with van der Waals surface area (Å²) in [5, 5.41) is 2.81. The average molecular weight is 338 g/mol. The number of amides is 2. The molecule has 0 saturated heterocycles. The van der Waals surface area contributed by atoms with Crippen LogP contribution in [0.15, 0.2) is 48.5 Å². The lowest BCUT2D eigenvalue weighted by Crippen LogP contribution is -2.42. The van der Waals surface area contributed by atoms with Gasteiger partial charge >= 0.3 is 0 Å². The Morgan fingerprint density at radius 1 is 1.16 bits per heavy atom. The van der Waals surface area contributed by atoms with Crippen LogP contribution >= 0.6 is 0 Å². The Morgan fingerprint density at radius 3 is 2.84 bits per heavy atom. The summed E-state index contributed by atoms with van der Waals surface area (Å²) >= 11 is 0. The Kier molecular flexibility index (Phi) is 5.33. The van der Waals surface area contributed by atoms with E-state index in [-0.39, 0.29) is 18.4 Å². The third-order valence-corrected chi connectivity index (χ3v) is 4.21. The number of nitrogens with one attached hydrogen (secondary N) is 1. The van der Waals surface area contributed by atoms with Crippen molar-refractivity contribution in [3.05, 3.63) is 59.7 Å². The number of hydrogen-bond acceptors (Lipinski definition) is 3. The SMILES string of the molecule is Cc1cccc(OCC(=O)NCCN2C(=O)CCc3ccccc32)c1. The van der Waals surface area contributed by atoms with Gasteiger partial charge < -0.3 is 15.0 Å².